The summed E-state index contributed by atoms with van der Waals surface area (Å²) in [4.78, 5) is 6.39. The second-order valence-electron chi connectivity index (χ2n) is 10.7. The van der Waals surface area contributed by atoms with Crippen molar-refractivity contribution in [1.82, 2.24) is 15.0 Å². The highest BCUT2D eigenvalue weighted by Crippen LogP contribution is 2.33. The van der Waals surface area contributed by atoms with Crippen LogP contribution in [0.15, 0.2) is 53.7 Å². The number of morpholine rings is 1. The highest BCUT2D eigenvalue weighted by atomic mass is 32.1. The molecule has 0 radical (unpaired) electrons. The van der Waals surface area contributed by atoms with Crippen LogP contribution in [0.1, 0.15) is 68.3 Å². The van der Waals surface area contributed by atoms with Crippen molar-refractivity contribution in [2.24, 2.45) is 10.9 Å². The molecule has 42 heavy (non-hydrogen) atoms. The van der Waals surface area contributed by atoms with Gasteiger partial charge in [0.1, 0.15) is 11.5 Å². The van der Waals surface area contributed by atoms with Gasteiger partial charge in [-0.1, -0.05) is 39.3 Å². The van der Waals surface area contributed by atoms with Crippen LogP contribution in [-0.4, -0.2) is 71.7 Å². The fourth-order valence-electron chi connectivity index (χ4n) is 4.85. The van der Waals surface area contributed by atoms with E-state index < -0.39 is 6.29 Å². The van der Waals surface area contributed by atoms with Crippen molar-refractivity contribution in [2.45, 2.75) is 65.6 Å². The van der Waals surface area contributed by atoms with E-state index in [-0.39, 0.29) is 5.84 Å². The van der Waals surface area contributed by atoms with Crippen molar-refractivity contribution in [3.63, 3.8) is 0 Å². The van der Waals surface area contributed by atoms with Crippen LogP contribution < -0.4 is 15.2 Å². The Balaban J connectivity index is 1.46. The Morgan fingerprint density at radius 1 is 1.07 bits per heavy atom. The first kappa shape index (κ1) is 31.7. The molecule has 228 valence electrons. The van der Waals surface area contributed by atoms with Gasteiger partial charge in [-0.3, -0.25) is 0 Å². The van der Waals surface area contributed by atoms with Gasteiger partial charge in [-0.15, -0.1) is 11.3 Å². The number of hydrogen-bond acceptors (Lipinski definition) is 9. The molecule has 1 fully saturated rings. The number of hydrazine groups is 1. The van der Waals surface area contributed by atoms with E-state index in [0.717, 1.165) is 82.1 Å². The molecule has 0 spiro atoms. The highest BCUT2D eigenvalue weighted by Gasteiger charge is 2.20. The Morgan fingerprint density at radius 3 is 2.29 bits per heavy atom. The van der Waals surface area contributed by atoms with Crippen LogP contribution in [-0.2, 0) is 11.2 Å². The summed E-state index contributed by atoms with van der Waals surface area (Å²) < 4.78 is 18.0. The lowest BCUT2D eigenvalue weighted by Gasteiger charge is -2.36. The molecule has 9 nitrogen and oxygen atoms in total. The number of amidine groups is 1. The number of likely N-dealkylation sites (N-methyl/N-ethyl adjacent to an activating group) is 1. The smallest absolute Gasteiger partial charge is 0.241 e. The molecule has 0 saturated carbocycles. The standard InChI is InChI=1S/C32H45N5O4S/c1-5-7-8-29(41-27-15-11-25(12-16-27)31(33)35-38)40-26-13-9-24(10-14-26)30-28(42-32(34-30)23(3)4)17-18-36(6-2)37-19-21-39-22-20-37/h9-16,23,29,38H,5-8,17-22H2,1-4H3,(H2,33,35). The predicted octanol–water partition coefficient (Wildman–Crippen LogP) is 6.11. The molecule has 0 amide bonds. The zero-order chi connectivity index (χ0) is 29.9. The van der Waals surface area contributed by atoms with Crippen LogP contribution in [0.25, 0.3) is 11.3 Å². The van der Waals surface area contributed by atoms with Crippen molar-refractivity contribution in [3.05, 3.63) is 64.0 Å². The van der Waals surface area contributed by atoms with Crippen LogP contribution in [0.3, 0.4) is 0 Å². The maximum Gasteiger partial charge on any atom is 0.241 e. The van der Waals surface area contributed by atoms with Crippen molar-refractivity contribution < 1.29 is 19.4 Å². The number of nitrogens with two attached hydrogens (primary N) is 1. The van der Waals surface area contributed by atoms with E-state index in [1.54, 1.807) is 24.3 Å². The normalized spacial score (nSPS) is 15.3. The molecule has 2 aromatic carbocycles. The molecule has 1 aliphatic heterocycles. The first-order chi connectivity index (χ1) is 20.4. The van der Waals surface area contributed by atoms with E-state index in [2.05, 4.69) is 55.0 Å². The molecule has 1 saturated heterocycles. The van der Waals surface area contributed by atoms with Crippen LogP contribution >= 0.6 is 11.3 Å². The lowest BCUT2D eigenvalue weighted by atomic mass is 10.1. The summed E-state index contributed by atoms with van der Waals surface area (Å²) in [6, 6.07) is 15.3. The van der Waals surface area contributed by atoms with Crippen molar-refractivity contribution >= 4 is 17.2 Å². The van der Waals surface area contributed by atoms with Gasteiger partial charge in [0.25, 0.3) is 0 Å². The molecule has 3 aromatic rings. The zero-order valence-corrected chi connectivity index (χ0v) is 26.1. The fourth-order valence-corrected chi connectivity index (χ4v) is 5.93. The average molecular weight is 596 g/mol. The largest absolute Gasteiger partial charge is 0.455 e. The van der Waals surface area contributed by atoms with Crippen LogP contribution in [0, 0.1) is 0 Å². The van der Waals surface area contributed by atoms with Gasteiger partial charge in [0.05, 0.1) is 23.9 Å². The van der Waals surface area contributed by atoms with Gasteiger partial charge in [-0.2, -0.15) is 0 Å². The van der Waals surface area contributed by atoms with E-state index in [9.17, 15) is 0 Å². The van der Waals surface area contributed by atoms with Gasteiger partial charge in [0.2, 0.25) is 6.29 Å². The van der Waals surface area contributed by atoms with E-state index in [1.165, 1.54) is 9.88 Å². The second-order valence-corrected chi connectivity index (χ2v) is 11.8. The van der Waals surface area contributed by atoms with E-state index in [4.69, 9.17) is 30.1 Å². The average Bonchev–Trinajstić information content (AvgIpc) is 3.46. The maximum atomic E-state index is 8.91. The van der Waals surface area contributed by atoms with Crippen molar-refractivity contribution in [2.75, 3.05) is 39.4 Å². The number of rotatable bonds is 15. The van der Waals surface area contributed by atoms with Crippen LogP contribution in [0.5, 0.6) is 11.5 Å². The second kappa shape index (κ2) is 15.9. The molecule has 1 atom stereocenters. The van der Waals surface area contributed by atoms with Gasteiger partial charge in [-0.05, 0) is 61.4 Å². The number of aromatic nitrogens is 1. The quantitative estimate of drug-likeness (QED) is 0.0713. The van der Waals surface area contributed by atoms with Crippen LogP contribution in [0.2, 0.25) is 0 Å². The third kappa shape index (κ3) is 8.67. The third-order valence-electron chi connectivity index (χ3n) is 7.27. The van der Waals surface area contributed by atoms with Crippen molar-refractivity contribution in [3.8, 4) is 22.8 Å². The summed E-state index contributed by atoms with van der Waals surface area (Å²) in [5.74, 6) is 1.85. The van der Waals surface area contributed by atoms with Gasteiger partial charge in [0, 0.05) is 54.5 Å². The lowest BCUT2D eigenvalue weighted by Crippen LogP contribution is -2.49. The summed E-state index contributed by atoms with van der Waals surface area (Å²) in [5.41, 5.74) is 8.47. The minimum absolute atomic E-state index is 0.0593. The molecular formula is C32H45N5O4S. The fraction of sp³-hybridized carbons (Fsp3) is 0.500. The van der Waals surface area contributed by atoms with Gasteiger partial charge in [0.15, 0.2) is 5.84 Å². The van der Waals surface area contributed by atoms with E-state index >= 15 is 0 Å². The maximum absolute atomic E-state index is 8.91. The number of hydrogen-bond donors (Lipinski definition) is 2. The summed E-state index contributed by atoms with van der Waals surface area (Å²) in [7, 11) is 0. The summed E-state index contributed by atoms with van der Waals surface area (Å²) in [6.07, 6.45) is 3.28. The Morgan fingerprint density at radius 2 is 1.71 bits per heavy atom. The Kier molecular flexibility index (Phi) is 12.0. The summed E-state index contributed by atoms with van der Waals surface area (Å²) in [5, 5.41) is 18.0. The number of unbranched alkanes of at least 4 members (excludes halogenated alkanes) is 1. The molecular weight excluding hydrogens is 550 g/mol. The van der Waals surface area contributed by atoms with Crippen LogP contribution in [0.4, 0.5) is 0 Å². The topological polar surface area (TPSA) is 106 Å². The monoisotopic (exact) mass is 595 g/mol. The number of ether oxygens (including phenoxy) is 3. The van der Waals surface area contributed by atoms with Crippen molar-refractivity contribution in [1.29, 1.82) is 0 Å². The summed E-state index contributed by atoms with van der Waals surface area (Å²) in [6.45, 7) is 14.2. The molecule has 10 heteroatoms. The molecule has 1 aliphatic rings. The molecule has 1 unspecified atom stereocenters. The van der Waals surface area contributed by atoms with Gasteiger partial charge in [-0.25, -0.2) is 15.0 Å². The summed E-state index contributed by atoms with van der Waals surface area (Å²) >= 11 is 1.83. The number of thiazole rings is 1. The Labute approximate surface area is 253 Å². The first-order valence-electron chi connectivity index (χ1n) is 15.0. The highest BCUT2D eigenvalue weighted by molar-refractivity contribution is 7.12. The van der Waals surface area contributed by atoms with Gasteiger partial charge >= 0.3 is 0 Å². The molecule has 0 aliphatic carbocycles. The number of benzene rings is 2. The number of nitrogens with zero attached hydrogens (tertiary/aromatic N) is 4. The van der Waals surface area contributed by atoms with E-state index in [0.29, 0.717) is 17.2 Å². The van der Waals surface area contributed by atoms with E-state index in [1.807, 2.05) is 23.5 Å². The molecule has 4 rings (SSSR count). The third-order valence-corrected chi connectivity index (χ3v) is 8.69. The first-order valence-corrected chi connectivity index (χ1v) is 15.8. The van der Waals surface area contributed by atoms with Gasteiger partial charge < -0.3 is 25.2 Å². The SMILES string of the molecule is CCCCC(Oc1ccc(C(N)=NO)cc1)Oc1ccc(-c2nc(C(C)C)sc2CCN(CC)N2CCOCC2)cc1. The zero-order valence-electron chi connectivity index (χ0n) is 25.3. The minimum atomic E-state index is -0.437. The minimum Gasteiger partial charge on any atom is -0.455 e. The molecule has 0 bridgehead atoms. The Bertz CT molecular complexity index is 1260. The molecule has 3 N–H and O–H groups in total. The number of oxime groups is 1. The molecule has 2 heterocycles. The predicted molar refractivity (Wildman–Crippen MR) is 169 cm³/mol. The molecule has 1 aromatic heterocycles. The Hall–Kier alpha value is -3.18. The lowest BCUT2D eigenvalue weighted by molar-refractivity contribution is -0.0867.